The van der Waals surface area contributed by atoms with Gasteiger partial charge in [-0.2, -0.15) is 9.40 Å². The third kappa shape index (κ3) is 2.79. The molecule has 1 aromatic heterocycles. The predicted molar refractivity (Wildman–Crippen MR) is 73.4 cm³/mol. The molecule has 2 unspecified atom stereocenters. The summed E-state index contributed by atoms with van der Waals surface area (Å²) in [5.41, 5.74) is 5.89. The minimum absolute atomic E-state index is 0.0139. The van der Waals surface area contributed by atoms with E-state index < -0.39 is 10.0 Å². The number of aromatic nitrogens is 2. The van der Waals surface area contributed by atoms with Crippen molar-refractivity contribution in [2.45, 2.75) is 30.8 Å². The van der Waals surface area contributed by atoms with Crippen molar-refractivity contribution in [3.8, 4) is 0 Å². The van der Waals surface area contributed by atoms with Crippen LogP contribution in [0.1, 0.15) is 19.8 Å². The van der Waals surface area contributed by atoms with Crippen LogP contribution in [-0.4, -0.2) is 41.6 Å². The van der Waals surface area contributed by atoms with E-state index in [9.17, 15) is 8.42 Å². The van der Waals surface area contributed by atoms with Gasteiger partial charge in [-0.1, -0.05) is 11.6 Å². The van der Waals surface area contributed by atoms with E-state index in [0.717, 1.165) is 12.8 Å². The topological polar surface area (TPSA) is 81.2 Å². The van der Waals surface area contributed by atoms with Gasteiger partial charge in [0.05, 0.1) is 11.2 Å². The van der Waals surface area contributed by atoms with Crippen molar-refractivity contribution in [1.29, 1.82) is 0 Å². The molecule has 8 heteroatoms. The zero-order valence-corrected chi connectivity index (χ0v) is 12.7. The predicted octanol–water partition coefficient (Wildman–Crippen LogP) is 0.821. The Kier molecular flexibility index (Phi) is 4.20. The van der Waals surface area contributed by atoms with Crippen LogP contribution in [0.15, 0.2) is 11.2 Å². The molecule has 0 saturated carbocycles. The average Bonchev–Trinajstić information content (AvgIpc) is 2.69. The van der Waals surface area contributed by atoms with Gasteiger partial charge < -0.3 is 5.73 Å². The fourth-order valence-electron chi connectivity index (χ4n) is 2.43. The SMILES string of the molecule is CC(N)C1CCCN(S(=O)(=O)c2c(Cl)cnn2C)C1. The first-order valence-corrected chi connectivity index (χ1v) is 8.09. The van der Waals surface area contributed by atoms with Crippen LogP contribution >= 0.6 is 11.6 Å². The Morgan fingerprint density at radius 1 is 1.58 bits per heavy atom. The first-order chi connectivity index (χ1) is 8.84. The van der Waals surface area contributed by atoms with Crippen LogP contribution in [0, 0.1) is 5.92 Å². The molecule has 0 amide bonds. The number of halogens is 1. The first-order valence-electron chi connectivity index (χ1n) is 6.27. The Morgan fingerprint density at radius 3 is 2.79 bits per heavy atom. The highest BCUT2D eigenvalue weighted by Crippen LogP contribution is 2.28. The summed E-state index contributed by atoms with van der Waals surface area (Å²) in [5.74, 6) is 0.190. The molecule has 6 nitrogen and oxygen atoms in total. The highest BCUT2D eigenvalue weighted by atomic mass is 35.5. The normalized spacial score (nSPS) is 23.5. The van der Waals surface area contributed by atoms with Crippen LogP contribution in [0.5, 0.6) is 0 Å². The maximum atomic E-state index is 12.6. The highest BCUT2D eigenvalue weighted by Gasteiger charge is 2.34. The molecule has 108 valence electrons. The van der Waals surface area contributed by atoms with Crippen molar-refractivity contribution in [1.82, 2.24) is 14.1 Å². The number of nitrogens with zero attached hydrogens (tertiary/aromatic N) is 3. The molecule has 1 aliphatic heterocycles. The third-order valence-electron chi connectivity index (χ3n) is 3.59. The van der Waals surface area contributed by atoms with E-state index in [1.54, 1.807) is 7.05 Å². The van der Waals surface area contributed by atoms with Gasteiger partial charge in [-0.05, 0) is 25.7 Å². The summed E-state index contributed by atoms with van der Waals surface area (Å²) >= 11 is 5.93. The van der Waals surface area contributed by atoms with Crippen LogP contribution < -0.4 is 5.73 Å². The molecule has 2 N–H and O–H groups in total. The van der Waals surface area contributed by atoms with Crippen molar-refractivity contribution >= 4 is 21.6 Å². The lowest BCUT2D eigenvalue weighted by Gasteiger charge is -2.33. The van der Waals surface area contributed by atoms with E-state index in [-0.39, 0.29) is 22.0 Å². The Morgan fingerprint density at radius 2 is 2.26 bits per heavy atom. The Balaban J connectivity index is 2.30. The second kappa shape index (κ2) is 5.40. The Bertz CT molecular complexity index is 536. The standard InChI is InChI=1S/C11H19ClN4O2S/c1-8(13)9-4-3-5-16(7-9)19(17,18)11-10(12)6-14-15(11)2/h6,8-9H,3-5,7,13H2,1-2H3. The number of rotatable bonds is 3. The average molecular weight is 307 g/mol. The third-order valence-corrected chi connectivity index (χ3v) is 5.96. The van der Waals surface area contributed by atoms with E-state index in [2.05, 4.69) is 5.10 Å². The molecule has 1 fully saturated rings. The van der Waals surface area contributed by atoms with Crippen LogP contribution in [0.4, 0.5) is 0 Å². The smallest absolute Gasteiger partial charge is 0.261 e. The summed E-state index contributed by atoms with van der Waals surface area (Å²) in [4.78, 5) is 0. The molecule has 2 heterocycles. The summed E-state index contributed by atoms with van der Waals surface area (Å²) in [6, 6.07) is -0.0139. The molecule has 0 spiro atoms. The molecule has 19 heavy (non-hydrogen) atoms. The summed E-state index contributed by atoms with van der Waals surface area (Å²) in [7, 11) is -2.03. The van der Waals surface area contributed by atoms with Crippen LogP contribution in [0.3, 0.4) is 0 Å². The van der Waals surface area contributed by atoms with Crippen LogP contribution in [0.2, 0.25) is 5.02 Å². The number of sulfonamides is 1. The van der Waals surface area contributed by atoms with Gasteiger partial charge in [0.15, 0.2) is 5.03 Å². The van der Waals surface area contributed by atoms with Crippen molar-refractivity contribution in [3.05, 3.63) is 11.2 Å². The maximum absolute atomic E-state index is 12.6. The zero-order chi connectivity index (χ0) is 14.2. The molecule has 1 aliphatic rings. The van der Waals surface area contributed by atoms with Gasteiger partial charge in [-0.25, -0.2) is 8.42 Å². The number of aryl methyl sites for hydroxylation is 1. The van der Waals surface area contributed by atoms with E-state index in [1.807, 2.05) is 6.92 Å². The number of hydrogen-bond donors (Lipinski definition) is 1. The summed E-state index contributed by atoms with van der Waals surface area (Å²) in [5, 5.41) is 4.10. The largest absolute Gasteiger partial charge is 0.328 e. The van der Waals surface area contributed by atoms with Crippen molar-refractivity contribution in [3.63, 3.8) is 0 Å². The van der Waals surface area contributed by atoms with Gasteiger partial charge in [0.25, 0.3) is 10.0 Å². The molecule has 2 rings (SSSR count). The van der Waals surface area contributed by atoms with Gasteiger partial charge in [0.1, 0.15) is 0 Å². The summed E-state index contributed by atoms with van der Waals surface area (Å²) in [6.07, 6.45) is 3.13. The second-order valence-corrected chi connectivity index (χ2v) is 7.31. The minimum Gasteiger partial charge on any atom is -0.328 e. The van der Waals surface area contributed by atoms with Gasteiger partial charge >= 0.3 is 0 Å². The number of nitrogens with two attached hydrogens (primary N) is 1. The second-order valence-electron chi connectivity index (χ2n) is 5.05. The number of hydrogen-bond acceptors (Lipinski definition) is 4. The molecular weight excluding hydrogens is 288 g/mol. The fraction of sp³-hybridized carbons (Fsp3) is 0.727. The monoisotopic (exact) mass is 306 g/mol. The Labute approximate surface area is 118 Å². The van der Waals surface area contributed by atoms with E-state index in [0.29, 0.717) is 13.1 Å². The van der Waals surface area contributed by atoms with E-state index in [4.69, 9.17) is 17.3 Å². The molecule has 0 bridgehead atoms. The van der Waals surface area contributed by atoms with Crippen LogP contribution in [-0.2, 0) is 17.1 Å². The first kappa shape index (κ1) is 14.8. The van der Waals surface area contributed by atoms with Crippen molar-refractivity contribution < 1.29 is 8.42 Å². The highest BCUT2D eigenvalue weighted by molar-refractivity contribution is 7.89. The lowest BCUT2D eigenvalue weighted by atomic mass is 9.93. The van der Waals surface area contributed by atoms with Crippen molar-refractivity contribution in [2.75, 3.05) is 13.1 Å². The lowest BCUT2D eigenvalue weighted by molar-refractivity contribution is 0.242. The fourth-order valence-corrected chi connectivity index (χ4v) is 4.57. The molecule has 0 aliphatic carbocycles. The molecule has 1 aromatic rings. The number of piperidine rings is 1. The van der Waals surface area contributed by atoms with Gasteiger partial charge in [-0.15, -0.1) is 0 Å². The minimum atomic E-state index is -3.60. The quantitative estimate of drug-likeness (QED) is 0.896. The molecule has 0 radical (unpaired) electrons. The molecule has 1 saturated heterocycles. The van der Waals surface area contributed by atoms with Gasteiger partial charge in [-0.3, -0.25) is 4.68 Å². The molecular formula is C11H19ClN4O2S. The zero-order valence-electron chi connectivity index (χ0n) is 11.1. The van der Waals surface area contributed by atoms with E-state index in [1.165, 1.54) is 15.2 Å². The van der Waals surface area contributed by atoms with E-state index >= 15 is 0 Å². The molecule has 2 atom stereocenters. The van der Waals surface area contributed by atoms with Crippen molar-refractivity contribution in [2.24, 2.45) is 18.7 Å². The summed E-state index contributed by atoms with van der Waals surface area (Å²) in [6.45, 7) is 2.87. The van der Waals surface area contributed by atoms with Crippen LogP contribution in [0.25, 0.3) is 0 Å². The van der Waals surface area contributed by atoms with Gasteiger partial charge in [0.2, 0.25) is 0 Å². The maximum Gasteiger partial charge on any atom is 0.261 e. The van der Waals surface area contributed by atoms with Gasteiger partial charge in [0, 0.05) is 26.2 Å². The lowest BCUT2D eigenvalue weighted by Crippen LogP contribution is -2.45. The molecule has 0 aromatic carbocycles. The Hall–Kier alpha value is -0.630. The summed E-state index contributed by atoms with van der Waals surface area (Å²) < 4.78 is 28.0.